The standard InChI is InChI=1S/C11H20N2S/c1-3-9(4-2)13-11-12-7-10(14-11)8-5-6-8/h8-10H,3-7H2,1-2H3,(H,12,13). The average Bonchev–Trinajstić information content (AvgIpc) is 2.96. The van der Waals surface area contributed by atoms with Gasteiger partial charge in [0.25, 0.3) is 0 Å². The summed E-state index contributed by atoms with van der Waals surface area (Å²) in [5.41, 5.74) is 0. The highest BCUT2D eigenvalue weighted by atomic mass is 32.2. The third kappa shape index (κ3) is 2.44. The molecule has 3 heteroatoms. The van der Waals surface area contributed by atoms with Crippen LogP contribution in [0.1, 0.15) is 39.5 Å². The van der Waals surface area contributed by atoms with Gasteiger partial charge in [0, 0.05) is 11.3 Å². The maximum absolute atomic E-state index is 4.58. The molecule has 1 atom stereocenters. The monoisotopic (exact) mass is 212 g/mol. The van der Waals surface area contributed by atoms with Crippen molar-refractivity contribution in [1.29, 1.82) is 0 Å². The first-order valence-corrected chi connectivity index (χ1v) is 6.69. The first-order valence-electron chi connectivity index (χ1n) is 5.81. The van der Waals surface area contributed by atoms with E-state index in [2.05, 4.69) is 24.2 Å². The normalized spacial score (nSPS) is 26.8. The Morgan fingerprint density at radius 3 is 2.71 bits per heavy atom. The fraction of sp³-hybridized carbons (Fsp3) is 0.909. The summed E-state index contributed by atoms with van der Waals surface area (Å²) in [6, 6.07) is 0.624. The third-order valence-electron chi connectivity index (χ3n) is 3.14. The molecule has 1 saturated carbocycles. The summed E-state index contributed by atoms with van der Waals surface area (Å²) in [7, 11) is 0. The zero-order valence-corrected chi connectivity index (χ0v) is 9.94. The van der Waals surface area contributed by atoms with Crippen LogP contribution < -0.4 is 5.32 Å². The van der Waals surface area contributed by atoms with Crippen molar-refractivity contribution in [2.45, 2.75) is 50.8 Å². The van der Waals surface area contributed by atoms with E-state index < -0.39 is 0 Å². The van der Waals surface area contributed by atoms with E-state index in [0.717, 1.165) is 17.7 Å². The summed E-state index contributed by atoms with van der Waals surface area (Å²) in [6.07, 6.45) is 5.27. The van der Waals surface area contributed by atoms with Crippen LogP contribution >= 0.6 is 11.8 Å². The Kier molecular flexibility index (Phi) is 3.37. The van der Waals surface area contributed by atoms with E-state index in [0.29, 0.717) is 6.04 Å². The van der Waals surface area contributed by atoms with Gasteiger partial charge in [0.1, 0.15) is 0 Å². The molecule has 0 aromatic heterocycles. The lowest BCUT2D eigenvalue weighted by molar-refractivity contribution is 0.573. The van der Waals surface area contributed by atoms with Crippen LogP contribution in [-0.2, 0) is 0 Å². The topological polar surface area (TPSA) is 24.4 Å². The molecule has 1 fully saturated rings. The van der Waals surface area contributed by atoms with Crippen LogP contribution in [0, 0.1) is 5.92 Å². The summed E-state index contributed by atoms with van der Waals surface area (Å²) in [6.45, 7) is 5.53. The Morgan fingerprint density at radius 2 is 2.14 bits per heavy atom. The summed E-state index contributed by atoms with van der Waals surface area (Å²) in [5.74, 6) is 0.977. The first kappa shape index (κ1) is 10.3. The van der Waals surface area contributed by atoms with Crippen molar-refractivity contribution in [1.82, 2.24) is 5.32 Å². The Labute approximate surface area is 90.9 Å². The van der Waals surface area contributed by atoms with Gasteiger partial charge >= 0.3 is 0 Å². The van der Waals surface area contributed by atoms with Gasteiger partial charge in [-0.15, -0.1) is 0 Å². The minimum absolute atomic E-state index is 0.624. The number of hydrogen-bond acceptors (Lipinski definition) is 3. The van der Waals surface area contributed by atoms with Gasteiger partial charge in [0.15, 0.2) is 5.17 Å². The zero-order valence-electron chi connectivity index (χ0n) is 9.12. The number of amidine groups is 1. The lowest BCUT2D eigenvalue weighted by Gasteiger charge is -2.15. The van der Waals surface area contributed by atoms with Gasteiger partial charge in [0.2, 0.25) is 0 Å². The summed E-state index contributed by atoms with van der Waals surface area (Å²) < 4.78 is 0. The average molecular weight is 212 g/mol. The second kappa shape index (κ2) is 4.56. The molecule has 1 aliphatic carbocycles. The predicted molar refractivity (Wildman–Crippen MR) is 63.9 cm³/mol. The second-order valence-corrected chi connectivity index (χ2v) is 5.53. The van der Waals surface area contributed by atoms with E-state index in [1.807, 2.05) is 11.8 Å². The highest BCUT2D eigenvalue weighted by Gasteiger charge is 2.35. The molecule has 1 N–H and O–H groups in total. The van der Waals surface area contributed by atoms with Gasteiger partial charge in [-0.1, -0.05) is 25.6 Å². The van der Waals surface area contributed by atoms with Crippen molar-refractivity contribution in [3.8, 4) is 0 Å². The minimum Gasteiger partial charge on any atom is -0.362 e. The fourth-order valence-electron chi connectivity index (χ4n) is 1.85. The highest BCUT2D eigenvalue weighted by Crippen LogP contribution is 2.41. The molecule has 1 heterocycles. The quantitative estimate of drug-likeness (QED) is 0.774. The molecule has 0 saturated heterocycles. The van der Waals surface area contributed by atoms with Crippen LogP contribution in [0.2, 0.25) is 0 Å². The summed E-state index contributed by atoms with van der Waals surface area (Å²) in [4.78, 5) is 4.58. The number of nitrogens with one attached hydrogen (secondary N) is 1. The predicted octanol–water partition coefficient (Wildman–Crippen LogP) is 2.65. The molecule has 0 amide bonds. The number of hydrogen-bond donors (Lipinski definition) is 1. The Bertz CT molecular complexity index is 219. The van der Waals surface area contributed by atoms with Gasteiger partial charge in [-0.25, -0.2) is 0 Å². The number of rotatable bonds is 4. The van der Waals surface area contributed by atoms with Crippen molar-refractivity contribution >= 4 is 16.9 Å². The first-order chi connectivity index (χ1) is 6.83. The van der Waals surface area contributed by atoms with Crippen LogP contribution in [0.15, 0.2) is 4.99 Å². The minimum atomic E-state index is 0.624. The fourth-order valence-corrected chi connectivity index (χ4v) is 3.14. The summed E-state index contributed by atoms with van der Waals surface area (Å²) >= 11 is 1.98. The molecule has 0 aromatic carbocycles. The van der Waals surface area contributed by atoms with Crippen molar-refractivity contribution < 1.29 is 0 Å². The molecule has 2 aliphatic rings. The molecule has 0 bridgehead atoms. The van der Waals surface area contributed by atoms with E-state index in [4.69, 9.17) is 0 Å². The van der Waals surface area contributed by atoms with E-state index in [-0.39, 0.29) is 0 Å². The Hall–Kier alpha value is -0.180. The van der Waals surface area contributed by atoms with E-state index in [9.17, 15) is 0 Å². The molecular weight excluding hydrogens is 192 g/mol. The van der Waals surface area contributed by atoms with E-state index >= 15 is 0 Å². The zero-order chi connectivity index (χ0) is 9.97. The van der Waals surface area contributed by atoms with Gasteiger partial charge in [-0.3, -0.25) is 4.99 Å². The number of nitrogens with zero attached hydrogens (tertiary/aromatic N) is 1. The third-order valence-corrected chi connectivity index (χ3v) is 4.45. The van der Waals surface area contributed by atoms with Crippen molar-refractivity contribution in [2.24, 2.45) is 10.9 Å². The molecule has 1 unspecified atom stereocenters. The maximum Gasteiger partial charge on any atom is 0.157 e. The van der Waals surface area contributed by atoms with Gasteiger partial charge in [-0.2, -0.15) is 0 Å². The Morgan fingerprint density at radius 1 is 1.43 bits per heavy atom. The summed E-state index contributed by atoms with van der Waals surface area (Å²) in [5, 5.41) is 5.54. The molecule has 0 radical (unpaired) electrons. The van der Waals surface area contributed by atoms with Crippen LogP contribution in [0.5, 0.6) is 0 Å². The van der Waals surface area contributed by atoms with E-state index in [1.54, 1.807) is 0 Å². The maximum atomic E-state index is 4.58. The lowest BCUT2D eigenvalue weighted by Crippen LogP contribution is -2.31. The van der Waals surface area contributed by atoms with Crippen molar-refractivity contribution in [3.63, 3.8) is 0 Å². The molecule has 2 rings (SSSR count). The number of aliphatic imine (C=N–C) groups is 1. The molecule has 80 valence electrons. The van der Waals surface area contributed by atoms with Crippen LogP contribution in [0.3, 0.4) is 0 Å². The van der Waals surface area contributed by atoms with Crippen LogP contribution in [-0.4, -0.2) is 23.0 Å². The van der Waals surface area contributed by atoms with Gasteiger partial charge in [0.05, 0.1) is 6.54 Å². The SMILES string of the molecule is CCC(CC)NC1=NCC(C2CC2)S1. The van der Waals surface area contributed by atoms with Crippen LogP contribution in [0.25, 0.3) is 0 Å². The van der Waals surface area contributed by atoms with Crippen molar-refractivity contribution in [3.05, 3.63) is 0 Å². The molecule has 2 nitrogen and oxygen atoms in total. The van der Waals surface area contributed by atoms with E-state index in [1.165, 1.54) is 30.9 Å². The number of thioether (sulfide) groups is 1. The molecule has 0 aromatic rings. The van der Waals surface area contributed by atoms with Gasteiger partial charge in [-0.05, 0) is 31.6 Å². The van der Waals surface area contributed by atoms with Crippen molar-refractivity contribution in [2.75, 3.05) is 6.54 Å². The Balaban J connectivity index is 1.76. The molecule has 14 heavy (non-hydrogen) atoms. The molecule has 1 aliphatic heterocycles. The van der Waals surface area contributed by atoms with Crippen LogP contribution in [0.4, 0.5) is 0 Å². The largest absolute Gasteiger partial charge is 0.362 e. The smallest absolute Gasteiger partial charge is 0.157 e. The molecular formula is C11H20N2S. The lowest BCUT2D eigenvalue weighted by atomic mass is 10.2. The second-order valence-electron chi connectivity index (χ2n) is 4.30. The van der Waals surface area contributed by atoms with Gasteiger partial charge < -0.3 is 5.32 Å². The highest BCUT2D eigenvalue weighted by molar-refractivity contribution is 8.14. The molecule has 0 spiro atoms.